The lowest BCUT2D eigenvalue weighted by atomic mass is 10.1. The van der Waals surface area contributed by atoms with Crippen molar-refractivity contribution in [3.8, 4) is 0 Å². The van der Waals surface area contributed by atoms with E-state index in [2.05, 4.69) is 15.2 Å². The molecule has 0 unspecified atom stereocenters. The highest BCUT2D eigenvalue weighted by molar-refractivity contribution is 6.39. The summed E-state index contributed by atoms with van der Waals surface area (Å²) in [4.78, 5) is 53.6. The zero-order chi connectivity index (χ0) is 21.3. The summed E-state index contributed by atoms with van der Waals surface area (Å²) < 4.78 is 4.96. The predicted octanol–water partition coefficient (Wildman–Crippen LogP) is 1.61. The second-order valence-electron chi connectivity index (χ2n) is 7.06. The van der Waals surface area contributed by atoms with Gasteiger partial charge in [0.25, 0.3) is 0 Å². The maximum atomic E-state index is 12.5. The fourth-order valence-electron chi connectivity index (χ4n) is 3.43. The van der Waals surface area contributed by atoms with Crippen LogP contribution >= 0.6 is 0 Å². The standard InChI is InChI=1S/C21H20N4O5/c1-13(26)14-2-5-16(6-3-14)24-8-10-25(11-9-24)20(28)19(27)22-15-4-7-17-18(12-15)30-21(29)23-17/h2-7,12H,8-11H2,1H3,(H,22,27)(H,23,29). The first-order valence-electron chi connectivity index (χ1n) is 9.50. The molecule has 1 aliphatic heterocycles. The number of Topliss-reactive ketones (excluding diaryl/α,β-unsaturated/α-hetero) is 1. The van der Waals surface area contributed by atoms with E-state index in [-0.39, 0.29) is 5.78 Å². The first kappa shape index (κ1) is 19.4. The third kappa shape index (κ3) is 3.95. The maximum Gasteiger partial charge on any atom is 0.417 e. The van der Waals surface area contributed by atoms with E-state index in [1.807, 2.05) is 12.1 Å². The van der Waals surface area contributed by atoms with Crippen molar-refractivity contribution in [3.63, 3.8) is 0 Å². The first-order chi connectivity index (χ1) is 14.4. The van der Waals surface area contributed by atoms with Gasteiger partial charge in [0.05, 0.1) is 5.52 Å². The molecule has 0 atom stereocenters. The molecule has 9 nitrogen and oxygen atoms in total. The molecule has 0 saturated carbocycles. The average Bonchev–Trinajstić information content (AvgIpc) is 3.12. The summed E-state index contributed by atoms with van der Waals surface area (Å²) in [5.74, 6) is -1.93. The Morgan fingerprint density at radius 2 is 1.70 bits per heavy atom. The van der Waals surface area contributed by atoms with E-state index in [4.69, 9.17) is 4.42 Å². The lowest BCUT2D eigenvalue weighted by Crippen LogP contribution is -2.51. The number of aromatic nitrogens is 1. The van der Waals surface area contributed by atoms with Crippen molar-refractivity contribution in [2.24, 2.45) is 0 Å². The summed E-state index contributed by atoms with van der Waals surface area (Å²) in [6, 6.07) is 12.0. The third-order valence-corrected chi connectivity index (χ3v) is 5.08. The van der Waals surface area contributed by atoms with E-state index >= 15 is 0 Å². The van der Waals surface area contributed by atoms with Crippen LogP contribution in [0, 0.1) is 0 Å². The molecule has 2 amide bonds. The van der Waals surface area contributed by atoms with Gasteiger partial charge in [-0.05, 0) is 43.3 Å². The van der Waals surface area contributed by atoms with Crippen LogP contribution in [-0.4, -0.2) is 53.7 Å². The topological polar surface area (TPSA) is 116 Å². The number of fused-ring (bicyclic) bond motifs is 1. The molecule has 4 rings (SSSR count). The van der Waals surface area contributed by atoms with Gasteiger partial charge in [-0.3, -0.25) is 19.4 Å². The fraction of sp³-hybridized carbons (Fsp3) is 0.238. The molecule has 1 fully saturated rings. The molecule has 9 heteroatoms. The third-order valence-electron chi connectivity index (χ3n) is 5.08. The highest BCUT2D eigenvalue weighted by Crippen LogP contribution is 2.19. The number of H-pyrrole nitrogens is 1. The van der Waals surface area contributed by atoms with Gasteiger partial charge in [-0.1, -0.05) is 0 Å². The van der Waals surface area contributed by atoms with Crippen molar-refractivity contribution in [2.75, 3.05) is 36.4 Å². The van der Waals surface area contributed by atoms with Crippen molar-refractivity contribution < 1.29 is 18.8 Å². The number of amides is 2. The number of hydrogen-bond donors (Lipinski definition) is 2. The Kier molecular flexibility index (Phi) is 5.09. The molecule has 0 radical (unpaired) electrons. The number of nitrogens with zero attached hydrogens (tertiary/aromatic N) is 2. The van der Waals surface area contributed by atoms with Gasteiger partial charge in [-0.15, -0.1) is 0 Å². The molecular weight excluding hydrogens is 388 g/mol. The highest BCUT2D eigenvalue weighted by atomic mass is 16.4. The zero-order valence-corrected chi connectivity index (χ0v) is 16.3. The van der Waals surface area contributed by atoms with E-state index in [9.17, 15) is 19.2 Å². The summed E-state index contributed by atoms with van der Waals surface area (Å²) in [6.07, 6.45) is 0. The number of rotatable bonds is 3. The molecule has 0 bridgehead atoms. The minimum absolute atomic E-state index is 0.0146. The minimum Gasteiger partial charge on any atom is -0.408 e. The van der Waals surface area contributed by atoms with Crippen molar-refractivity contribution in [2.45, 2.75) is 6.92 Å². The molecule has 1 aliphatic rings. The number of hydrogen-bond acceptors (Lipinski definition) is 6. The van der Waals surface area contributed by atoms with Crippen molar-refractivity contribution >= 4 is 40.1 Å². The van der Waals surface area contributed by atoms with Gasteiger partial charge >= 0.3 is 17.6 Å². The van der Waals surface area contributed by atoms with Crippen LogP contribution in [0.2, 0.25) is 0 Å². The molecular formula is C21H20N4O5. The van der Waals surface area contributed by atoms with Crippen molar-refractivity contribution in [1.29, 1.82) is 0 Å². The number of carbonyl (C=O) groups excluding carboxylic acids is 3. The van der Waals surface area contributed by atoms with E-state index in [1.165, 1.54) is 17.9 Å². The lowest BCUT2D eigenvalue weighted by Gasteiger charge is -2.35. The molecule has 1 saturated heterocycles. The Balaban J connectivity index is 1.35. The SMILES string of the molecule is CC(=O)c1ccc(N2CCN(C(=O)C(=O)Nc3ccc4[nH]c(=O)oc4c3)CC2)cc1. The van der Waals surface area contributed by atoms with E-state index < -0.39 is 17.6 Å². The van der Waals surface area contributed by atoms with Crippen LogP contribution in [0.25, 0.3) is 11.1 Å². The monoisotopic (exact) mass is 408 g/mol. The minimum atomic E-state index is -0.744. The first-order valence-corrected chi connectivity index (χ1v) is 9.50. The zero-order valence-electron chi connectivity index (χ0n) is 16.3. The van der Waals surface area contributed by atoms with Crippen LogP contribution < -0.4 is 16.0 Å². The summed E-state index contributed by atoms with van der Waals surface area (Å²) in [7, 11) is 0. The van der Waals surface area contributed by atoms with Crippen LogP contribution in [0.5, 0.6) is 0 Å². The summed E-state index contributed by atoms with van der Waals surface area (Å²) in [5.41, 5.74) is 2.80. The van der Waals surface area contributed by atoms with Crippen LogP contribution in [0.15, 0.2) is 51.7 Å². The molecule has 2 N–H and O–H groups in total. The molecule has 0 aliphatic carbocycles. The highest BCUT2D eigenvalue weighted by Gasteiger charge is 2.26. The van der Waals surface area contributed by atoms with Crippen molar-refractivity contribution in [1.82, 2.24) is 9.88 Å². The van der Waals surface area contributed by atoms with Gasteiger partial charge in [-0.25, -0.2) is 4.79 Å². The van der Waals surface area contributed by atoms with E-state index in [0.717, 1.165) is 5.69 Å². The molecule has 3 aromatic rings. The number of carbonyl (C=O) groups is 3. The van der Waals surface area contributed by atoms with Crippen LogP contribution in [0.3, 0.4) is 0 Å². The Hall–Kier alpha value is -3.88. The Morgan fingerprint density at radius 3 is 2.37 bits per heavy atom. The normalized spacial score (nSPS) is 14.0. The number of piperazine rings is 1. The largest absolute Gasteiger partial charge is 0.417 e. The molecule has 2 aromatic carbocycles. The summed E-state index contributed by atoms with van der Waals surface area (Å²) in [5, 5.41) is 2.55. The van der Waals surface area contributed by atoms with Crippen molar-refractivity contribution in [3.05, 3.63) is 58.6 Å². The van der Waals surface area contributed by atoms with Crippen LogP contribution in [0.1, 0.15) is 17.3 Å². The molecule has 154 valence electrons. The number of oxazole rings is 1. The lowest BCUT2D eigenvalue weighted by molar-refractivity contribution is -0.143. The average molecular weight is 408 g/mol. The summed E-state index contributed by atoms with van der Waals surface area (Å²) >= 11 is 0. The summed E-state index contributed by atoms with van der Waals surface area (Å²) in [6.45, 7) is 3.51. The smallest absolute Gasteiger partial charge is 0.408 e. The molecule has 0 spiro atoms. The van der Waals surface area contributed by atoms with Gasteiger partial charge < -0.3 is 19.5 Å². The second kappa shape index (κ2) is 7.86. The fourth-order valence-corrected chi connectivity index (χ4v) is 3.43. The van der Waals surface area contributed by atoms with Crippen LogP contribution in [0.4, 0.5) is 11.4 Å². The van der Waals surface area contributed by atoms with Crippen LogP contribution in [-0.2, 0) is 9.59 Å². The predicted molar refractivity (Wildman–Crippen MR) is 111 cm³/mol. The molecule has 2 heterocycles. The van der Waals surface area contributed by atoms with Gasteiger partial charge in [0, 0.05) is 49.2 Å². The maximum absolute atomic E-state index is 12.5. The number of nitrogens with one attached hydrogen (secondary N) is 2. The quantitative estimate of drug-likeness (QED) is 0.503. The number of benzene rings is 2. The van der Waals surface area contributed by atoms with E-state index in [1.54, 1.807) is 24.3 Å². The molecule has 30 heavy (non-hydrogen) atoms. The molecule has 1 aromatic heterocycles. The van der Waals surface area contributed by atoms with E-state index in [0.29, 0.717) is 48.5 Å². The van der Waals surface area contributed by atoms with Gasteiger partial charge in [0.2, 0.25) is 0 Å². The Morgan fingerprint density at radius 1 is 1.00 bits per heavy atom. The second-order valence-corrected chi connectivity index (χ2v) is 7.06. The number of aromatic amines is 1. The van der Waals surface area contributed by atoms with Gasteiger partial charge in [0.1, 0.15) is 0 Å². The Labute approximate surface area is 171 Å². The number of anilines is 2. The van der Waals surface area contributed by atoms with Gasteiger partial charge in [0.15, 0.2) is 11.4 Å². The van der Waals surface area contributed by atoms with Gasteiger partial charge in [-0.2, -0.15) is 0 Å². The number of ketones is 1. The Bertz CT molecular complexity index is 1170.